The third-order valence-electron chi connectivity index (χ3n) is 7.31. The highest BCUT2D eigenvalue weighted by molar-refractivity contribution is 8.28. The van der Waals surface area contributed by atoms with Gasteiger partial charge in [0.1, 0.15) is 12.4 Å². The summed E-state index contributed by atoms with van der Waals surface area (Å²) in [7, 11) is 2.36. The van der Waals surface area contributed by atoms with Crippen molar-refractivity contribution in [3.8, 4) is 17.2 Å². The summed E-state index contributed by atoms with van der Waals surface area (Å²) in [5.41, 5.74) is -1.51. The third kappa shape index (κ3) is 7.55. The Morgan fingerprint density at radius 1 is 0.822 bits per heavy atom. The standard InChI is InChI=1S/C31H29F6N3O4S/c1-42-24-8-6-23(7-9-24)39-11-13-40(14-12-39)29-38-28(41)19-45(29)18-20-3-10-26(27(15-20)43-2)44-17-21-4-5-22(30(32,33)34)16-25(21)31(35,36)37/h3-10,15-16,18H,11-14,17,19H2,1-2H3. The molecular formula is C31H29F6N3O4S. The SMILES string of the molecule is COc1ccc(N2CCN(C3=NC(=O)CS3=Cc3ccc(OCc4ccc(C(F)(F)F)cc4C(F)(F)F)c(OC)c3)CC2)cc1. The third-order valence-corrected chi connectivity index (χ3v) is 9.25. The van der Waals surface area contributed by atoms with Gasteiger partial charge in [0.25, 0.3) is 5.91 Å². The van der Waals surface area contributed by atoms with E-state index in [1.165, 1.54) is 13.2 Å². The number of rotatable bonds is 7. The molecule has 0 N–H and O–H groups in total. The molecule has 3 aromatic carbocycles. The van der Waals surface area contributed by atoms with E-state index < -0.39 is 46.1 Å². The summed E-state index contributed by atoms with van der Waals surface area (Å²) in [5.74, 6) is 1.11. The molecular weight excluding hydrogens is 624 g/mol. The Morgan fingerprint density at radius 2 is 1.51 bits per heavy atom. The number of benzene rings is 3. The van der Waals surface area contributed by atoms with Gasteiger partial charge in [0.15, 0.2) is 16.7 Å². The maximum absolute atomic E-state index is 13.6. The van der Waals surface area contributed by atoms with E-state index in [-0.39, 0.29) is 29.2 Å². The van der Waals surface area contributed by atoms with Gasteiger partial charge in [0, 0.05) is 37.4 Å². The number of aliphatic imine (C=N–C) groups is 1. The first-order valence-electron chi connectivity index (χ1n) is 13.7. The minimum absolute atomic E-state index is 0.0793. The van der Waals surface area contributed by atoms with Crippen molar-refractivity contribution in [1.29, 1.82) is 0 Å². The van der Waals surface area contributed by atoms with Crippen LogP contribution in [0.4, 0.5) is 32.0 Å². The lowest BCUT2D eigenvalue weighted by atomic mass is 10.0. The molecule has 0 saturated carbocycles. The number of carbonyl (C=O) groups is 1. The molecule has 2 heterocycles. The number of anilines is 1. The van der Waals surface area contributed by atoms with Crippen LogP contribution in [0.3, 0.4) is 0 Å². The first-order valence-corrected chi connectivity index (χ1v) is 15.2. The Hall–Kier alpha value is -4.20. The molecule has 1 saturated heterocycles. The van der Waals surface area contributed by atoms with Gasteiger partial charge < -0.3 is 24.0 Å². The van der Waals surface area contributed by atoms with Crippen molar-refractivity contribution in [3.63, 3.8) is 0 Å². The first-order chi connectivity index (χ1) is 21.4. The fraction of sp³-hybridized carbons (Fsp3) is 0.323. The van der Waals surface area contributed by atoms with Crippen molar-refractivity contribution in [1.82, 2.24) is 4.90 Å². The number of hydrogen-bond acceptors (Lipinski definition) is 6. The number of amides is 1. The van der Waals surface area contributed by atoms with Crippen LogP contribution in [0.25, 0.3) is 0 Å². The van der Waals surface area contributed by atoms with Crippen LogP contribution >= 0.6 is 10.5 Å². The quantitative estimate of drug-likeness (QED) is 0.216. The predicted molar refractivity (Wildman–Crippen MR) is 161 cm³/mol. The van der Waals surface area contributed by atoms with Gasteiger partial charge in [0.05, 0.1) is 31.1 Å². The molecule has 45 heavy (non-hydrogen) atoms. The largest absolute Gasteiger partial charge is 0.497 e. The number of ether oxygens (including phenoxy) is 3. The lowest BCUT2D eigenvalue weighted by molar-refractivity contribution is -0.143. The topological polar surface area (TPSA) is 63.6 Å². The number of hydrogen-bond donors (Lipinski definition) is 0. The highest BCUT2D eigenvalue weighted by Crippen LogP contribution is 2.38. The van der Waals surface area contributed by atoms with E-state index in [9.17, 15) is 31.1 Å². The van der Waals surface area contributed by atoms with E-state index in [1.807, 2.05) is 29.6 Å². The van der Waals surface area contributed by atoms with Crippen molar-refractivity contribution in [2.45, 2.75) is 19.0 Å². The molecule has 0 aromatic heterocycles. The maximum Gasteiger partial charge on any atom is 0.416 e. The van der Waals surface area contributed by atoms with E-state index in [0.29, 0.717) is 29.9 Å². The predicted octanol–water partition coefficient (Wildman–Crippen LogP) is 6.46. The van der Waals surface area contributed by atoms with Crippen molar-refractivity contribution in [2.24, 2.45) is 4.99 Å². The van der Waals surface area contributed by atoms with E-state index in [2.05, 4.69) is 14.8 Å². The maximum atomic E-state index is 13.6. The second-order valence-corrected chi connectivity index (χ2v) is 12.0. The number of amidine groups is 1. The molecule has 5 rings (SSSR count). The zero-order valence-corrected chi connectivity index (χ0v) is 25.1. The Balaban J connectivity index is 1.29. The molecule has 3 aromatic rings. The van der Waals surface area contributed by atoms with Crippen LogP contribution in [0.5, 0.6) is 17.2 Å². The second-order valence-electron chi connectivity index (χ2n) is 10.2. The molecule has 0 radical (unpaired) electrons. The Morgan fingerprint density at radius 3 is 2.13 bits per heavy atom. The molecule has 14 heteroatoms. The number of alkyl halides is 6. The summed E-state index contributed by atoms with van der Waals surface area (Å²) in [6.45, 7) is 2.20. The monoisotopic (exact) mass is 653 g/mol. The lowest BCUT2D eigenvalue weighted by Gasteiger charge is -2.37. The minimum atomic E-state index is -5.01. The molecule has 7 nitrogen and oxygen atoms in total. The van der Waals surface area contributed by atoms with Crippen LogP contribution < -0.4 is 19.1 Å². The number of carbonyl (C=O) groups excluding carboxylic acids is 1. The van der Waals surface area contributed by atoms with E-state index in [0.717, 1.165) is 30.6 Å². The molecule has 240 valence electrons. The van der Waals surface area contributed by atoms with Crippen molar-refractivity contribution in [2.75, 3.05) is 51.1 Å². The van der Waals surface area contributed by atoms with Crippen molar-refractivity contribution >= 4 is 32.6 Å². The van der Waals surface area contributed by atoms with E-state index in [4.69, 9.17) is 14.2 Å². The van der Waals surface area contributed by atoms with Crippen LogP contribution in [0.1, 0.15) is 22.3 Å². The zero-order chi connectivity index (χ0) is 32.4. The molecule has 0 spiro atoms. The average molecular weight is 654 g/mol. The van der Waals surface area contributed by atoms with Gasteiger partial charge in [-0.25, -0.2) is 0 Å². The van der Waals surface area contributed by atoms with Gasteiger partial charge in [-0.3, -0.25) is 4.79 Å². The average Bonchev–Trinajstić information content (AvgIpc) is 3.38. The van der Waals surface area contributed by atoms with Crippen LogP contribution in [-0.2, 0) is 23.8 Å². The fourth-order valence-electron chi connectivity index (χ4n) is 5.01. The minimum Gasteiger partial charge on any atom is -0.497 e. The Bertz CT molecular complexity index is 1610. The Labute approximate surface area is 257 Å². The molecule has 2 aliphatic heterocycles. The summed E-state index contributed by atoms with van der Waals surface area (Å²) in [4.78, 5) is 21.1. The van der Waals surface area contributed by atoms with Gasteiger partial charge in [-0.15, -0.1) is 10.5 Å². The molecule has 1 atom stereocenters. The number of methoxy groups -OCH3 is 2. The fourth-order valence-corrected chi connectivity index (χ4v) is 6.87. The summed E-state index contributed by atoms with van der Waals surface area (Å²) in [6, 6.07) is 14.1. The molecule has 2 aliphatic rings. The number of nitrogens with zero attached hydrogens (tertiary/aromatic N) is 3. The van der Waals surface area contributed by atoms with Crippen molar-refractivity contribution in [3.05, 3.63) is 82.9 Å². The highest BCUT2D eigenvalue weighted by atomic mass is 32.2. The zero-order valence-electron chi connectivity index (χ0n) is 24.2. The second kappa shape index (κ2) is 13.0. The first kappa shape index (κ1) is 32.2. The summed E-state index contributed by atoms with van der Waals surface area (Å²) < 4.78 is 95.9. The summed E-state index contributed by atoms with van der Waals surface area (Å²) in [6.07, 6.45) is -9.93. The molecule has 0 aliphatic carbocycles. The van der Waals surface area contributed by atoms with Gasteiger partial charge in [-0.05, 0) is 59.5 Å². The number of halogens is 6. The lowest BCUT2D eigenvalue weighted by Crippen LogP contribution is -2.48. The van der Waals surface area contributed by atoms with Crippen LogP contribution in [0.2, 0.25) is 0 Å². The van der Waals surface area contributed by atoms with E-state index >= 15 is 0 Å². The van der Waals surface area contributed by atoms with Crippen LogP contribution in [0, 0.1) is 0 Å². The molecule has 1 fully saturated rings. The van der Waals surface area contributed by atoms with Crippen LogP contribution in [0.15, 0.2) is 65.7 Å². The Kier molecular flexibility index (Phi) is 9.33. The van der Waals surface area contributed by atoms with E-state index in [1.54, 1.807) is 19.2 Å². The smallest absolute Gasteiger partial charge is 0.416 e. The summed E-state index contributed by atoms with van der Waals surface area (Å²) >= 11 is 0. The highest BCUT2D eigenvalue weighted by Gasteiger charge is 2.38. The summed E-state index contributed by atoms with van der Waals surface area (Å²) in [5, 5.41) is 2.61. The number of piperazine rings is 1. The normalized spacial score (nSPS) is 17.5. The van der Waals surface area contributed by atoms with Gasteiger partial charge in [-0.1, -0.05) is 12.1 Å². The van der Waals surface area contributed by atoms with Gasteiger partial charge >= 0.3 is 12.4 Å². The van der Waals surface area contributed by atoms with Crippen LogP contribution in [-0.4, -0.2) is 67.5 Å². The molecule has 1 unspecified atom stereocenters. The molecule has 1 amide bonds. The van der Waals surface area contributed by atoms with Gasteiger partial charge in [0.2, 0.25) is 0 Å². The molecule has 0 bridgehead atoms. The van der Waals surface area contributed by atoms with Crippen molar-refractivity contribution < 1.29 is 45.3 Å². The van der Waals surface area contributed by atoms with Gasteiger partial charge in [-0.2, -0.15) is 31.3 Å².